The number of amides is 2. The van der Waals surface area contributed by atoms with Gasteiger partial charge in [0.15, 0.2) is 0 Å². The van der Waals surface area contributed by atoms with Gasteiger partial charge in [0.25, 0.3) is 5.91 Å². The van der Waals surface area contributed by atoms with E-state index in [1.54, 1.807) is 25.1 Å². The highest BCUT2D eigenvalue weighted by molar-refractivity contribution is 9.10. The minimum atomic E-state index is -0.927. The standard InChI is InChI=1S/C14H19BrN2O3/c1-3-14(2,20)9-17-12(18)8-16-13(19)10-5-4-6-11(15)7-10/h4-7,20H,3,8-9H2,1-2H3,(H,16,19)(H,17,18). The van der Waals surface area contributed by atoms with Crippen molar-refractivity contribution in [3.8, 4) is 0 Å². The quantitative estimate of drug-likeness (QED) is 0.732. The number of rotatable bonds is 6. The van der Waals surface area contributed by atoms with Crippen LogP contribution in [0.5, 0.6) is 0 Å². The lowest BCUT2D eigenvalue weighted by atomic mass is 10.0. The number of hydrogen-bond acceptors (Lipinski definition) is 3. The number of halogens is 1. The van der Waals surface area contributed by atoms with Crippen molar-refractivity contribution in [2.75, 3.05) is 13.1 Å². The number of hydrogen-bond donors (Lipinski definition) is 3. The topological polar surface area (TPSA) is 78.4 Å². The Morgan fingerprint density at radius 2 is 2.05 bits per heavy atom. The predicted molar refractivity (Wildman–Crippen MR) is 80.4 cm³/mol. The molecule has 0 saturated heterocycles. The Morgan fingerprint density at radius 1 is 1.35 bits per heavy atom. The molecule has 1 rings (SSSR count). The van der Waals surface area contributed by atoms with Gasteiger partial charge in [0.05, 0.1) is 12.1 Å². The van der Waals surface area contributed by atoms with Gasteiger partial charge in [0.2, 0.25) is 5.91 Å². The lowest BCUT2D eigenvalue weighted by molar-refractivity contribution is -0.121. The van der Waals surface area contributed by atoms with Gasteiger partial charge in [-0.1, -0.05) is 28.9 Å². The molecule has 20 heavy (non-hydrogen) atoms. The second-order valence-corrected chi connectivity index (χ2v) is 5.74. The highest BCUT2D eigenvalue weighted by Crippen LogP contribution is 2.11. The first-order chi connectivity index (χ1) is 9.34. The Bertz CT molecular complexity index is 489. The fourth-order valence-corrected chi connectivity index (χ4v) is 1.77. The lowest BCUT2D eigenvalue weighted by Crippen LogP contribution is -2.44. The summed E-state index contributed by atoms with van der Waals surface area (Å²) in [4.78, 5) is 23.4. The van der Waals surface area contributed by atoms with Gasteiger partial charge in [-0.05, 0) is 31.5 Å². The zero-order valence-electron chi connectivity index (χ0n) is 11.6. The van der Waals surface area contributed by atoms with Gasteiger partial charge in [-0.3, -0.25) is 9.59 Å². The molecular formula is C14H19BrN2O3. The molecule has 0 aliphatic carbocycles. The van der Waals surface area contributed by atoms with E-state index < -0.39 is 5.60 Å². The molecule has 1 unspecified atom stereocenters. The second-order valence-electron chi connectivity index (χ2n) is 4.82. The van der Waals surface area contributed by atoms with Gasteiger partial charge in [-0.25, -0.2) is 0 Å². The summed E-state index contributed by atoms with van der Waals surface area (Å²) in [5.41, 5.74) is -0.447. The Labute approximate surface area is 126 Å². The first kappa shape index (κ1) is 16.7. The third kappa shape index (κ3) is 5.71. The molecule has 0 spiro atoms. The molecule has 5 nitrogen and oxygen atoms in total. The van der Waals surface area contributed by atoms with Crippen LogP contribution in [0.15, 0.2) is 28.7 Å². The molecule has 1 aromatic rings. The summed E-state index contributed by atoms with van der Waals surface area (Å²) in [5, 5.41) is 14.9. The maximum absolute atomic E-state index is 11.8. The Kier molecular flexibility index (Phi) is 6.16. The number of aliphatic hydroxyl groups is 1. The second kappa shape index (κ2) is 7.40. The maximum atomic E-state index is 11.8. The molecule has 0 aromatic heterocycles. The van der Waals surface area contributed by atoms with E-state index >= 15 is 0 Å². The molecule has 0 saturated carbocycles. The number of nitrogens with one attached hydrogen (secondary N) is 2. The van der Waals surface area contributed by atoms with E-state index in [1.807, 2.05) is 13.0 Å². The fraction of sp³-hybridized carbons (Fsp3) is 0.429. The van der Waals surface area contributed by atoms with Crippen LogP contribution in [-0.4, -0.2) is 35.6 Å². The molecule has 0 fully saturated rings. The van der Waals surface area contributed by atoms with Crippen LogP contribution < -0.4 is 10.6 Å². The molecule has 2 amide bonds. The molecule has 1 aromatic carbocycles. The van der Waals surface area contributed by atoms with Crippen molar-refractivity contribution in [1.82, 2.24) is 10.6 Å². The van der Waals surface area contributed by atoms with E-state index in [0.29, 0.717) is 12.0 Å². The first-order valence-corrected chi connectivity index (χ1v) is 7.16. The molecule has 6 heteroatoms. The number of carbonyl (C=O) groups is 2. The van der Waals surface area contributed by atoms with E-state index in [-0.39, 0.29) is 24.9 Å². The zero-order chi connectivity index (χ0) is 15.2. The number of carbonyl (C=O) groups excluding carboxylic acids is 2. The minimum absolute atomic E-state index is 0.120. The van der Waals surface area contributed by atoms with E-state index in [1.165, 1.54) is 0 Å². The maximum Gasteiger partial charge on any atom is 0.251 e. The van der Waals surface area contributed by atoms with Gasteiger partial charge >= 0.3 is 0 Å². The number of benzene rings is 1. The smallest absolute Gasteiger partial charge is 0.251 e. The molecular weight excluding hydrogens is 324 g/mol. The average molecular weight is 343 g/mol. The molecule has 0 bridgehead atoms. The molecule has 0 heterocycles. The Hall–Kier alpha value is -1.40. The van der Waals surface area contributed by atoms with Crippen LogP contribution in [0.4, 0.5) is 0 Å². The summed E-state index contributed by atoms with van der Waals surface area (Å²) >= 11 is 3.28. The van der Waals surface area contributed by atoms with Crippen molar-refractivity contribution in [3.05, 3.63) is 34.3 Å². The molecule has 0 radical (unpaired) electrons. The third-order valence-electron chi connectivity index (χ3n) is 2.92. The van der Waals surface area contributed by atoms with E-state index in [9.17, 15) is 14.7 Å². The van der Waals surface area contributed by atoms with Crippen molar-refractivity contribution in [2.45, 2.75) is 25.9 Å². The van der Waals surface area contributed by atoms with Gasteiger partial charge in [0, 0.05) is 16.6 Å². The summed E-state index contributed by atoms with van der Waals surface area (Å²) < 4.78 is 0.800. The SMILES string of the molecule is CCC(C)(O)CNC(=O)CNC(=O)c1cccc(Br)c1. The van der Waals surface area contributed by atoms with Crippen LogP contribution in [0.1, 0.15) is 30.6 Å². The average Bonchev–Trinajstić information content (AvgIpc) is 2.42. The van der Waals surface area contributed by atoms with Crippen LogP contribution in [-0.2, 0) is 4.79 Å². The van der Waals surface area contributed by atoms with Crippen molar-refractivity contribution in [2.24, 2.45) is 0 Å². The van der Waals surface area contributed by atoms with Gasteiger partial charge in [0.1, 0.15) is 0 Å². The normalized spacial score (nSPS) is 13.4. The van der Waals surface area contributed by atoms with Crippen molar-refractivity contribution in [1.29, 1.82) is 0 Å². The van der Waals surface area contributed by atoms with Crippen LogP contribution in [0.25, 0.3) is 0 Å². The molecule has 0 aliphatic heterocycles. The highest BCUT2D eigenvalue weighted by atomic mass is 79.9. The molecule has 1 atom stereocenters. The van der Waals surface area contributed by atoms with Crippen molar-refractivity contribution < 1.29 is 14.7 Å². The third-order valence-corrected chi connectivity index (χ3v) is 3.42. The van der Waals surface area contributed by atoms with Crippen LogP contribution in [0.3, 0.4) is 0 Å². The summed E-state index contributed by atoms with van der Waals surface area (Å²) in [7, 11) is 0. The zero-order valence-corrected chi connectivity index (χ0v) is 13.2. The fourth-order valence-electron chi connectivity index (χ4n) is 1.37. The minimum Gasteiger partial charge on any atom is -0.388 e. The van der Waals surface area contributed by atoms with E-state index in [4.69, 9.17) is 0 Å². The molecule has 110 valence electrons. The van der Waals surface area contributed by atoms with E-state index in [2.05, 4.69) is 26.6 Å². The lowest BCUT2D eigenvalue weighted by Gasteiger charge is -2.21. The monoisotopic (exact) mass is 342 g/mol. The van der Waals surface area contributed by atoms with Gasteiger partial charge in [-0.2, -0.15) is 0 Å². The summed E-state index contributed by atoms with van der Waals surface area (Å²) in [6, 6.07) is 6.91. The van der Waals surface area contributed by atoms with Crippen molar-refractivity contribution >= 4 is 27.7 Å². The van der Waals surface area contributed by atoms with Crippen molar-refractivity contribution in [3.63, 3.8) is 0 Å². The van der Waals surface area contributed by atoms with Crippen LogP contribution in [0, 0.1) is 0 Å². The summed E-state index contributed by atoms with van der Waals surface area (Å²) in [6.07, 6.45) is 0.539. The van der Waals surface area contributed by atoms with E-state index in [0.717, 1.165) is 4.47 Å². The largest absolute Gasteiger partial charge is 0.388 e. The Morgan fingerprint density at radius 3 is 2.65 bits per heavy atom. The summed E-state index contributed by atoms with van der Waals surface area (Å²) in [5.74, 6) is -0.647. The van der Waals surface area contributed by atoms with Gasteiger partial charge in [-0.15, -0.1) is 0 Å². The van der Waals surface area contributed by atoms with Crippen LogP contribution >= 0.6 is 15.9 Å². The van der Waals surface area contributed by atoms with Gasteiger partial charge < -0.3 is 15.7 Å². The first-order valence-electron chi connectivity index (χ1n) is 6.37. The molecule has 3 N–H and O–H groups in total. The highest BCUT2D eigenvalue weighted by Gasteiger charge is 2.18. The molecule has 0 aliphatic rings. The van der Waals surface area contributed by atoms with Crippen LogP contribution in [0.2, 0.25) is 0 Å². The summed E-state index contributed by atoms with van der Waals surface area (Å²) in [6.45, 7) is 3.52. The predicted octanol–water partition coefficient (Wildman–Crippen LogP) is 1.46. The Balaban J connectivity index is 2.40.